The summed E-state index contributed by atoms with van der Waals surface area (Å²) in [6, 6.07) is 8.82. The van der Waals surface area contributed by atoms with Crippen LogP contribution in [0.3, 0.4) is 0 Å². The zero-order valence-corrected chi connectivity index (χ0v) is 12.7. The highest BCUT2D eigenvalue weighted by Crippen LogP contribution is 2.36. The Morgan fingerprint density at radius 1 is 0.952 bits per heavy atom. The molecule has 0 amide bonds. The van der Waals surface area contributed by atoms with Crippen LogP contribution in [0.4, 0.5) is 0 Å². The zero-order valence-electron chi connectivity index (χ0n) is 12.7. The lowest BCUT2D eigenvalue weighted by Crippen LogP contribution is -2.10. The molecule has 21 heavy (non-hydrogen) atoms. The van der Waals surface area contributed by atoms with E-state index in [1.165, 1.54) is 31.2 Å². The van der Waals surface area contributed by atoms with Gasteiger partial charge in [0, 0.05) is 12.4 Å². The van der Waals surface area contributed by atoms with Crippen molar-refractivity contribution in [2.75, 3.05) is 0 Å². The van der Waals surface area contributed by atoms with E-state index in [9.17, 15) is 0 Å². The van der Waals surface area contributed by atoms with Gasteiger partial charge < -0.3 is 4.74 Å². The molecule has 3 rings (SSSR count). The molecule has 0 N–H and O–H groups in total. The van der Waals surface area contributed by atoms with Crippen molar-refractivity contribution in [1.29, 1.82) is 0 Å². The summed E-state index contributed by atoms with van der Waals surface area (Å²) in [6.07, 6.45) is 8.84. The van der Waals surface area contributed by atoms with Gasteiger partial charge in [0.25, 0.3) is 0 Å². The quantitative estimate of drug-likeness (QED) is 0.805. The summed E-state index contributed by atoms with van der Waals surface area (Å²) in [5.74, 6) is 2.40. The Kier molecular flexibility index (Phi) is 4.18. The van der Waals surface area contributed by atoms with Gasteiger partial charge in [-0.3, -0.25) is 0 Å². The van der Waals surface area contributed by atoms with Crippen molar-refractivity contribution >= 4 is 0 Å². The van der Waals surface area contributed by atoms with Crippen molar-refractivity contribution in [1.82, 2.24) is 9.97 Å². The van der Waals surface area contributed by atoms with Crippen LogP contribution in [0.1, 0.15) is 49.7 Å². The Morgan fingerprint density at radius 3 is 2.19 bits per heavy atom. The fourth-order valence-corrected chi connectivity index (χ4v) is 2.94. The molecule has 1 aliphatic rings. The van der Waals surface area contributed by atoms with Gasteiger partial charge in [-0.1, -0.05) is 31.9 Å². The molecule has 0 atom stereocenters. The molecule has 3 heteroatoms. The smallest absolute Gasteiger partial charge is 0.321 e. The molecular weight excluding hydrogens is 260 g/mol. The van der Waals surface area contributed by atoms with Crippen LogP contribution in [0.2, 0.25) is 0 Å². The lowest BCUT2D eigenvalue weighted by Gasteiger charge is -2.26. The van der Waals surface area contributed by atoms with Crippen LogP contribution < -0.4 is 4.74 Å². The lowest BCUT2D eigenvalue weighted by atomic mass is 9.79. The molecule has 0 radical (unpaired) electrons. The SMILES string of the molecule is Cc1cnc(Oc2ccc(C3CCC(C)CC3)cc2)nc1. The number of rotatable bonds is 3. The number of ether oxygens (including phenoxy) is 1. The largest absolute Gasteiger partial charge is 0.424 e. The molecular formula is C18H22N2O. The maximum Gasteiger partial charge on any atom is 0.321 e. The van der Waals surface area contributed by atoms with E-state index in [0.29, 0.717) is 11.9 Å². The zero-order chi connectivity index (χ0) is 14.7. The first-order valence-corrected chi connectivity index (χ1v) is 7.77. The van der Waals surface area contributed by atoms with Gasteiger partial charge >= 0.3 is 6.01 Å². The fraction of sp³-hybridized carbons (Fsp3) is 0.444. The monoisotopic (exact) mass is 282 g/mol. The third-order valence-corrected chi connectivity index (χ3v) is 4.33. The molecule has 1 heterocycles. The van der Waals surface area contributed by atoms with E-state index in [4.69, 9.17) is 4.74 Å². The van der Waals surface area contributed by atoms with E-state index >= 15 is 0 Å². The van der Waals surface area contributed by atoms with Gasteiger partial charge in [-0.15, -0.1) is 0 Å². The van der Waals surface area contributed by atoms with Crippen molar-refractivity contribution in [2.45, 2.75) is 45.4 Å². The molecule has 0 aliphatic heterocycles. The van der Waals surface area contributed by atoms with Gasteiger partial charge in [-0.25, -0.2) is 9.97 Å². The summed E-state index contributed by atoms with van der Waals surface area (Å²) in [4.78, 5) is 8.32. The van der Waals surface area contributed by atoms with Crippen molar-refractivity contribution < 1.29 is 4.74 Å². The van der Waals surface area contributed by atoms with E-state index in [-0.39, 0.29) is 0 Å². The van der Waals surface area contributed by atoms with E-state index in [0.717, 1.165) is 17.2 Å². The van der Waals surface area contributed by atoms with Crippen LogP contribution in [-0.2, 0) is 0 Å². The average molecular weight is 282 g/mol. The van der Waals surface area contributed by atoms with E-state index in [2.05, 4.69) is 29.0 Å². The second-order valence-electron chi connectivity index (χ2n) is 6.17. The first-order chi connectivity index (χ1) is 10.2. The molecule has 2 aromatic rings. The van der Waals surface area contributed by atoms with Crippen LogP contribution in [0.25, 0.3) is 0 Å². The van der Waals surface area contributed by atoms with Crippen molar-refractivity contribution in [3.05, 3.63) is 47.8 Å². The molecule has 0 unspecified atom stereocenters. The van der Waals surface area contributed by atoms with Crippen molar-refractivity contribution in [3.63, 3.8) is 0 Å². The third-order valence-electron chi connectivity index (χ3n) is 4.33. The van der Waals surface area contributed by atoms with Crippen LogP contribution in [0, 0.1) is 12.8 Å². The number of hydrogen-bond acceptors (Lipinski definition) is 3. The summed E-state index contributed by atoms with van der Waals surface area (Å²) in [5.41, 5.74) is 2.46. The van der Waals surface area contributed by atoms with E-state index < -0.39 is 0 Å². The Morgan fingerprint density at radius 2 is 1.57 bits per heavy atom. The highest BCUT2D eigenvalue weighted by molar-refractivity contribution is 5.31. The van der Waals surface area contributed by atoms with Gasteiger partial charge in [-0.05, 0) is 54.9 Å². The molecule has 1 saturated carbocycles. The molecule has 1 aromatic heterocycles. The minimum absolute atomic E-state index is 0.403. The van der Waals surface area contributed by atoms with Crippen molar-refractivity contribution in [2.24, 2.45) is 5.92 Å². The number of aryl methyl sites for hydroxylation is 1. The van der Waals surface area contributed by atoms with Gasteiger partial charge in [0.15, 0.2) is 0 Å². The maximum atomic E-state index is 5.67. The van der Waals surface area contributed by atoms with Crippen LogP contribution >= 0.6 is 0 Å². The first kappa shape index (κ1) is 14.1. The Hall–Kier alpha value is -1.90. The lowest BCUT2D eigenvalue weighted by molar-refractivity contribution is 0.347. The highest BCUT2D eigenvalue weighted by atomic mass is 16.5. The first-order valence-electron chi connectivity index (χ1n) is 7.77. The molecule has 0 bridgehead atoms. The molecule has 1 aromatic carbocycles. The topological polar surface area (TPSA) is 35.0 Å². The Balaban J connectivity index is 1.65. The fourth-order valence-electron chi connectivity index (χ4n) is 2.94. The second-order valence-corrected chi connectivity index (χ2v) is 6.17. The summed E-state index contributed by atoms with van der Waals surface area (Å²) < 4.78 is 5.67. The summed E-state index contributed by atoms with van der Waals surface area (Å²) in [5, 5.41) is 0. The number of aromatic nitrogens is 2. The summed E-state index contributed by atoms with van der Waals surface area (Å²) >= 11 is 0. The van der Waals surface area contributed by atoms with Crippen molar-refractivity contribution in [3.8, 4) is 11.8 Å². The minimum atomic E-state index is 0.403. The standard InChI is InChI=1S/C18H22N2O/c1-13-3-5-15(6-4-13)16-7-9-17(10-8-16)21-18-19-11-14(2)12-20-18/h7-13,15H,3-6H2,1-2H3. The molecule has 0 saturated heterocycles. The van der Waals surface area contributed by atoms with Crippen LogP contribution in [0.5, 0.6) is 11.8 Å². The molecule has 110 valence electrons. The second kappa shape index (κ2) is 6.25. The number of nitrogens with zero attached hydrogens (tertiary/aromatic N) is 2. The van der Waals surface area contributed by atoms with E-state index in [1.807, 2.05) is 19.1 Å². The highest BCUT2D eigenvalue weighted by Gasteiger charge is 2.19. The third kappa shape index (κ3) is 3.60. The maximum absolute atomic E-state index is 5.67. The average Bonchev–Trinajstić information content (AvgIpc) is 2.51. The number of benzene rings is 1. The predicted octanol–water partition coefficient (Wildman–Crippen LogP) is 4.87. The molecule has 1 fully saturated rings. The Labute approximate surface area is 126 Å². The summed E-state index contributed by atoms with van der Waals surface area (Å²) in [7, 11) is 0. The number of hydrogen-bond donors (Lipinski definition) is 0. The summed E-state index contributed by atoms with van der Waals surface area (Å²) in [6.45, 7) is 4.32. The molecule has 1 aliphatic carbocycles. The van der Waals surface area contributed by atoms with Gasteiger partial charge in [0.1, 0.15) is 5.75 Å². The van der Waals surface area contributed by atoms with Gasteiger partial charge in [0.2, 0.25) is 0 Å². The van der Waals surface area contributed by atoms with Crippen LogP contribution in [-0.4, -0.2) is 9.97 Å². The predicted molar refractivity (Wildman–Crippen MR) is 83.7 cm³/mol. The normalized spacial score (nSPS) is 22.0. The van der Waals surface area contributed by atoms with Gasteiger partial charge in [-0.2, -0.15) is 0 Å². The molecule has 3 nitrogen and oxygen atoms in total. The minimum Gasteiger partial charge on any atom is -0.424 e. The van der Waals surface area contributed by atoms with Gasteiger partial charge in [0.05, 0.1) is 0 Å². The molecule has 0 spiro atoms. The van der Waals surface area contributed by atoms with Crippen LogP contribution in [0.15, 0.2) is 36.7 Å². The Bertz CT molecular complexity index is 569. The van der Waals surface area contributed by atoms with E-state index in [1.54, 1.807) is 12.4 Å².